The van der Waals surface area contributed by atoms with Crippen LogP contribution in [-0.4, -0.2) is 22.7 Å². The van der Waals surface area contributed by atoms with Gasteiger partial charge in [0, 0.05) is 18.9 Å². The fourth-order valence-electron chi connectivity index (χ4n) is 2.61. The van der Waals surface area contributed by atoms with E-state index in [2.05, 4.69) is 16.2 Å². The van der Waals surface area contributed by atoms with Gasteiger partial charge < -0.3 is 14.6 Å². The number of terminal acetylenes is 1. The molecular formula is C21H20FN3O. The third-order valence-electron chi connectivity index (χ3n) is 3.96. The number of imidazole rings is 1. The third kappa shape index (κ3) is 4.71. The molecule has 0 spiro atoms. The van der Waals surface area contributed by atoms with E-state index in [1.54, 1.807) is 35.4 Å². The highest BCUT2D eigenvalue weighted by molar-refractivity contribution is 5.36. The number of aromatic nitrogens is 2. The van der Waals surface area contributed by atoms with E-state index in [9.17, 15) is 4.39 Å². The lowest BCUT2D eigenvalue weighted by atomic mass is 10.1. The van der Waals surface area contributed by atoms with Crippen LogP contribution < -0.4 is 10.1 Å². The van der Waals surface area contributed by atoms with Gasteiger partial charge in [0.05, 0.1) is 12.0 Å². The molecule has 0 fully saturated rings. The summed E-state index contributed by atoms with van der Waals surface area (Å²) in [6.07, 6.45) is 11.0. The van der Waals surface area contributed by atoms with Gasteiger partial charge in [0.1, 0.15) is 18.2 Å². The Balaban J connectivity index is 1.46. The van der Waals surface area contributed by atoms with E-state index < -0.39 is 0 Å². The van der Waals surface area contributed by atoms with E-state index in [0.717, 1.165) is 24.3 Å². The summed E-state index contributed by atoms with van der Waals surface area (Å²) >= 11 is 0. The Bertz CT molecular complexity index is 867. The Morgan fingerprint density at radius 2 is 1.96 bits per heavy atom. The first kappa shape index (κ1) is 17.7. The Morgan fingerprint density at radius 3 is 2.65 bits per heavy atom. The fraction of sp³-hybridized carbons (Fsp3) is 0.190. The average Bonchev–Trinajstić information content (AvgIpc) is 3.19. The molecular weight excluding hydrogens is 329 g/mol. The van der Waals surface area contributed by atoms with Crippen LogP contribution in [0.2, 0.25) is 0 Å². The zero-order chi connectivity index (χ0) is 18.2. The lowest BCUT2D eigenvalue weighted by molar-refractivity contribution is 0.370. The Morgan fingerprint density at radius 1 is 1.15 bits per heavy atom. The van der Waals surface area contributed by atoms with Gasteiger partial charge in [0.25, 0.3) is 0 Å². The van der Waals surface area contributed by atoms with Crippen molar-refractivity contribution in [2.75, 3.05) is 13.2 Å². The van der Waals surface area contributed by atoms with Gasteiger partial charge in [-0.2, -0.15) is 0 Å². The van der Waals surface area contributed by atoms with Crippen LogP contribution in [-0.2, 0) is 13.0 Å². The lowest BCUT2D eigenvalue weighted by Crippen LogP contribution is -2.17. The van der Waals surface area contributed by atoms with Crippen molar-refractivity contribution in [2.45, 2.75) is 13.0 Å². The van der Waals surface area contributed by atoms with Crippen LogP contribution in [0.1, 0.15) is 11.1 Å². The maximum atomic E-state index is 14.2. The Labute approximate surface area is 152 Å². The normalized spacial score (nSPS) is 10.5. The quantitative estimate of drug-likeness (QED) is 0.501. The molecule has 1 aromatic heterocycles. The van der Waals surface area contributed by atoms with E-state index in [4.69, 9.17) is 11.2 Å². The first-order valence-electron chi connectivity index (χ1n) is 8.39. The van der Waals surface area contributed by atoms with Crippen LogP contribution in [0, 0.1) is 18.2 Å². The van der Waals surface area contributed by atoms with Gasteiger partial charge in [-0.3, -0.25) is 0 Å². The predicted octanol–water partition coefficient (Wildman–Crippen LogP) is 3.36. The fourth-order valence-corrected chi connectivity index (χ4v) is 2.61. The van der Waals surface area contributed by atoms with Gasteiger partial charge in [0.2, 0.25) is 0 Å². The summed E-state index contributed by atoms with van der Waals surface area (Å²) in [4.78, 5) is 3.94. The van der Waals surface area contributed by atoms with Gasteiger partial charge in [-0.05, 0) is 48.4 Å². The van der Waals surface area contributed by atoms with Crippen molar-refractivity contribution in [3.8, 4) is 23.8 Å². The number of rotatable bonds is 8. The minimum atomic E-state index is -0.259. The molecule has 132 valence electrons. The van der Waals surface area contributed by atoms with Crippen LogP contribution in [0.25, 0.3) is 5.69 Å². The van der Waals surface area contributed by atoms with Gasteiger partial charge in [-0.25, -0.2) is 9.37 Å². The largest absolute Gasteiger partial charge is 0.481 e. The van der Waals surface area contributed by atoms with Crippen molar-refractivity contribution in [3.05, 3.63) is 78.1 Å². The lowest BCUT2D eigenvalue weighted by Gasteiger charge is -2.09. The van der Waals surface area contributed by atoms with Gasteiger partial charge in [0.15, 0.2) is 0 Å². The zero-order valence-corrected chi connectivity index (χ0v) is 14.4. The maximum absolute atomic E-state index is 14.2. The van der Waals surface area contributed by atoms with Crippen molar-refractivity contribution in [2.24, 2.45) is 0 Å². The first-order valence-corrected chi connectivity index (χ1v) is 8.39. The summed E-state index contributed by atoms with van der Waals surface area (Å²) < 4.78 is 21.2. The monoisotopic (exact) mass is 349 g/mol. The Kier molecular flexibility index (Phi) is 6.02. The molecule has 2 aromatic carbocycles. The number of nitrogens with zero attached hydrogens (tertiary/aromatic N) is 2. The topological polar surface area (TPSA) is 39.1 Å². The standard InChI is InChI=1S/C21H20FN3O/c1-2-13-26-19-6-3-17(4-7-19)9-10-23-15-18-5-8-21(20(22)14-18)25-12-11-24-16-25/h1,3-8,11-12,14,16,23H,9-10,13,15H2. The molecule has 0 amide bonds. The molecule has 3 rings (SSSR count). The number of halogens is 1. The zero-order valence-electron chi connectivity index (χ0n) is 14.4. The van der Waals surface area contributed by atoms with E-state index in [-0.39, 0.29) is 12.4 Å². The van der Waals surface area contributed by atoms with Crippen LogP contribution >= 0.6 is 0 Å². The Hall–Kier alpha value is -3.10. The van der Waals surface area contributed by atoms with E-state index in [1.165, 1.54) is 5.56 Å². The van der Waals surface area contributed by atoms with Crippen molar-refractivity contribution in [3.63, 3.8) is 0 Å². The maximum Gasteiger partial charge on any atom is 0.148 e. The first-order chi connectivity index (χ1) is 12.8. The molecule has 26 heavy (non-hydrogen) atoms. The minimum absolute atomic E-state index is 0.259. The van der Waals surface area contributed by atoms with Crippen molar-refractivity contribution >= 4 is 0 Å². The van der Waals surface area contributed by atoms with Crippen LogP contribution in [0.4, 0.5) is 4.39 Å². The molecule has 0 atom stereocenters. The molecule has 0 aliphatic carbocycles. The summed E-state index contributed by atoms with van der Waals surface area (Å²) in [6, 6.07) is 13.1. The number of nitrogens with one attached hydrogen (secondary N) is 1. The number of hydrogen-bond acceptors (Lipinski definition) is 3. The number of ether oxygens (including phenoxy) is 1. The third-order valence-corrected chi connectivity index (χ3v) is 3.96. The minimum Gasteiger partial charge on any atom is -0.481 e. The van der Waals surface area contributed by atoms with Crippen LogP contribution in [0.15, 0.2) is 61.2 Å². The van der Waals surface area contributed by atoms with Gasteiger partial charge >= 0.3 is 0 Å². The van der Waals surface area contributed by atoms with Gasteiger partial charge in [-0.1, -0.05) is 24.1 Å². The molecule has 0 saturated carbocycles. The second-order valence-electron chi connectivity index (χ2n) is 5.82. The molecule has 5 heteroatoms. The summed E-state index contributed by atoms with van der Waals surface area (Å²) in [7, 11) is 0. The SMILES string of the molecule is C#CCOc1ccc(CCNCc2ccc(-n3ccnc3)c(F)c2)cc1. The van der Waals surface area contributed by atoms with Crippen molar-refractivity contribution in [1.82, 2.24) is 14.9 Å². The van der Waals surface area contributed by atoms with Crippen molar-refractivity contribution in [1.29, 1.82) is 0 Å². The van der Waals surface area contributed by atoms with E-state index in [0.29, 0.717) is 12.2 Å². The molecule has 0 aliphatic rings. The smallest absolute Gasteiger partial charge is 0.148 e. The molecule has 0 radical (unpaired) electrons. The highest BCUT2D eigenvalue weighted by Gasteiger charge is 2.05. The highest BCUT2D eigenvalue weighted by Crippen LogP contribution is 2.15. The van der Waals surface area contributed by atoms with E-state index >= 15 is 0 Å². The summed E-state index contributed by atoms with van der Waals surface area (Å²) in [5, 5.41) is 3.34. The van der Waals surface area contributed by atoms with Crippen LogP contribution in [0.3, 0.4) is 0 Å². The molecule has 3 aromatic rings. The number of benzene rings is 2. The van der Waals surface area contributed by atoms with Crippen molar-refractivity contribution < 1.29 is 9.13 Å². The second-order valence-corrected chi connectivity index (χ2v) is 5.82. The van der Waals surface area contributed by atoms with Gasteiger partial charge in [-0.15, -0.1) is 6.42 Å². The molecule has 0 bridgehead atoms. The molecule has 4 nitrogen and oxygen atoms in total. The molecule has 0 saturated heterocycles. The summed E-state index contributed by atoms with van der Waals surface area (Å²) in [5.74, 6) is 2.95. The molecule has 0 unspecified atom stereocenters. The summed E-state index contributed by atoms with van der Waals surface area (Å²) in [5.41, 5.74) is 2.61. The van der Waals surface area contributed by atoms with Crippen LogP contribution in [0.5, 0.6) is 5.75 Å². The molecule has 1 heterocycles. The summed E-state index contributed by atoms with van der Waals surface area (Å²) in [6.45, 7) is 1.69. The molecule has 1 N–H and O–H groups in total. The number of hydrogen-bond donors (Lipinski definition) is 1. The highest BCUT2D eigenvalue weighted by atomic mass is 19.1. The predicted molar refractivity (Wildman–Crippen MR) is 99.7 cm³/mol. The molecule has 0 aliphatic heterocycles. The second kappa shape index (κ2) is 8.84. The van der Waals surface area contributed by atoms with E-state index in [1.807, 2.05) is 30.3 Å². The average molecular weight is 349 g/mol.